The standard InChI is InChI=1S/C11H19NO3S2/c1-2-3-8-17(14,15)12-6-4-11(13)10-5-7-16-9-10/h5,7,9,11-13H,2-4,6,8H2,1H3. The second-order valence-electron chi connectivity index (χ2n) is 3.93. The lowest BCUT2D eigenvalue weighted by Gasteiger charge is -2.10. The first kappa shape index (κ1) is 14.6. The van der Waals surface area contributed by atoms with Gasteiger partial charge in [0.25, 0.3) is 0 Å². The number of nitrogens with one attached hydrogen (secondary N) is 1. The van der Waals surface area contributed by atoms with Crippen LogP contribution in [0.5, 0.6) is 0 Å². The summed E-state index contributed by atoms with van der Waals surface area (Å²) in [7, 11) is -3.17. The quantitative estimate of drug-likeness (QED) is 0.762. The van der Waals surface area contributed by atoms with Crippen molar-refractivity contribution < 1.29 is 13.5 Å². The first-order valence-electron chi connectivity index (χ1n) is 5.72. The van der Waals surface area contributed by atoms with Crippen LogP contribution in [0.15, 0.2) is 16.8 Å². The molecule has 4 nitrogen and oxygen atoms in total. The fraction of sp³-hybridized carbons (Fsp3) is 0.636. The molecule has 1 atom stereocenters. The molecule has 6 heteroatoms. The van der Waals surface area contributed by atoms with Gasteiger partial charge in [-0.2, -0.15) is 11.3 Å². The summed E-state index contributed by atoms with van der Waals surface area (Å²) in [6, 6.07) is 1.85. The molecule has 1 aromatic rings. The normalized spacial score (nSPS) is 13.8. The molecule has 0 saturated heterocycles. The third-order valence-electron chi connectivity index (χ3n) is 2.43. The number of sulfonamides is 1. The molecule has 0 aliphatic heterocycles. The minimum Gasteiger partial charge on any atom is -0.388 e. The van der Waals surface area contributed by atoms with Crippen LogP contribution in [0.3, 0.4) is 0 Å². The second-order valence-corrected chi connectivity index (χ2v) is 6.63. The summed E-state index contributed by atoms with van der Waals surface area (Å²) in [5.74, 6) is 0.165. The van der Waals surface area contributed by atoms with E-state index in [1.165, 1.54) is 11.3 Å². The van der Waals surface area contributed by atoms with Crippen LogP contribution in [-0.4, -0.2) is 25.8 Å². The molecule has 0 radical (unpaired) electrons. The van der Waals surface area contributed by atoms with E-state index in [4.69, 9.17) is 0 Å². The zero-order valence-corrected chi connectivity index (χ0v) is 11.6. The third-order valence-corrected chi connectivity index (χ3v) is 4.61. The van der Waals surface area contributed by atoms with E-state index in [9.17, 15) is 13.5 Å². The molecular formula is C11H19NO3S2. The van der Waals surface area contributed by atoms with Gasteiger partial charge in [-0.05, 0) is 35.2 Å². The van der Waals surface area contributed by atoms with Crippen molar-refractivity contribution in [1.29, 1.82) is 0 Å². The first-order valence-corrected chi connectivity index (χ1v) is 8.32. The Hall–Kier alpha value is -0.430. The van der Waals surface area contributed by atoms with Crippen LogP contribution in [0.4, 0.5) is 0 Å². The van der Waals surface area contributed by atoms with Crippen LogP contribution >= 0.6 is 11.3 Å². The van der Waals surface area contributed by atoms with E-state index in [1.54, 1.807) is 0 Å². The molecule has 1 aromatic heterocycles. The predicted molar refractivity (Wildman–Crippen MR) is 70.6 cm³/mol. The van der Waals surface area contributed by atoms with Gasteiger partial charge in [-0.15, -0.1) is 0 Å². The maximum Gasteiger partial charge on any atom is 0.211 e. The highest BCUT2D eigenvalue weighted by Crippen LogP contribution is 2.18. The van der Waals surface area contributed by atoms with Gasteiger partial charge < -0.3 is 5.11 Å². The Morgan fingerprint density at radius 1 is 1.53 bits per heavy atom. The van der Waals surface area contributed by atoms with Crippen LogP contribution in [0.25, 0.3) is 0 Å². The van der Waals surface area contributed by atoms with E-state index in [0.717, 1.165) is 12.0 Å². The van der Waals surface area contributed by atoms with Crippen molar-refractivity contribution in [1.82, 2.24) is 4.72 Å². The molecule has 0 bridgehead atoms. The Morgan fingerprint density at radius 2 is 2.29 bits per heavy atom. The third kappa shape index (κ3) is 5.63. The van der Waals surface area contributed by atoms with Crippen LogP contribution in [-0.2, 0) is 10.0 Å². The van der Waals surface area contributed by atoms with Crippen molar-refractivity contribution in [3.63, 3.8) is 0 Å². The summed E-state index contributed by atoms with van der Waals surface area (Å²) in [5, 5.41) is 13.5. The summed E-state index contributed by atoms with van der Waals surface area (Å²) in [5.41, 5.74) is 0.850. The summed E-state index contributed by atoms with van der Waals surface area (Å²) in [6.07, 6.45) is 1.35. The summed E-state index contributed by atoms with van der Waals surface area (Å²) >= 11 is 1.52. The molecule has 1 unspecified atom stereocenters. The van der Waals surface area contributed by atoms with E-state index >= 15 is 0 Å². The number of hydrogen-bond donors (Lipinski definition) is 2. The SMILES string of the molecule is CCCCS(=O)(=O)NCCC(O)c1ccsc1. The van der Waals surface area contributed by atoms with Gasteiger partial charge >= 0.3 is 0 Å². The van der Waals surface area contributed by atoms with Crippen molar-refractivity contribution >= 4 is 21.4 Å². The van der Waals surface area contributed by atoms with Gasteiger partial charge in [0, 0.05) is 6.54 Å². The smallest absolute Gasteiger partial charge is 0.211 e. The second kappa shape index (κ2) is 7.10. The number of hydrogen-bond acceptors (Lipinski definition) is 4. The predicted octanol–water partition coefficient (Wildman–Crippen LogP) is 1.89. The lowest BCUT2D eigenvalue weighted by Crippen LogP contribution is -2.28. The molecule has 0 aliphatic carbocycles. The van der Waals surface area contributed by atoms with Crippen LogP contribution in [0.2, 0.25) is 0 Å². The highest BCUT2D eigenvalue weighted by Gasteiger charge is 2.11. The lowest BCUT2D eigenvalue weighted by atomic mass is 10.1. The van der Waals surface area contributed by atoms with E-state index in [2.05, 4.69) is 4.72 Å². The van der Waals surface area contributed by atoms with Gasteiger partial charge in [0.05, 0.1) is 11.9 Å². The van der Waals surface area contributed by atoms with Crippen LogP contribution < -0.4 is 4.72 Å². The van der Waals surface area contributed by atoms with Crippen molar-refractivity contribution in [2.75, 3.05) is 12.3 Å². The number of aliphatic hydroxyl groups is 1. The highest BCUT2D eigenvalue weighted by atomic mass is 32.2. The van der Waals surface area contributed by atoms with Crippen molar-refractivity contribution in [2.45, 2.75) is 32.3 Å². The van der Waals surface area contributed by atoms with Crippen molar-refractivity contribution in [3.8, 4) is 0 Å². The molecule has 1 heterocycles. The molecule has 98 valence electrons. The van der Waals surface area contributed by atoms with Gasteiger partial charge in [-0.1, -0.05) is 13.3 Å². The van der Waals surface area contributed by atoms with Gasteiger partial charge in [0.2, 0.25) is 10.0 Å². The molecule has 1 rings (SSSR count). The average Bonchev–Trinajstić information content (AvgIpc) is 2.79. The van der Waals surface area contributed by atoms with E-state index in [-0.39, 0.29) is 12.3 Å². The molecule has 0 fully saturated rings. The molecule has 0 saturated carbocycles. The van der Waals surface area contributed by atoms with Gasteiger partial charge in [0.15, 0.2) is 0 Å². The molecule has 0 amide bonds. The molecule has 0 aromatic carbocycles. The van der Waals surface area contributed by atoms with Gasteiger partial charge in [0.1, 0.15) is 0 Å². The maximum absolute atomic E-state index is 11.5. The van der Waals surface area contributed by atoms with Gasteiger partial charge in [-0.25, -0.2) is 13.1 Å². The maximum atomic E-state index is 11.5. The Morgan fingerprint density at radius 3 is 2.88 bits per heavy atom. The highest BCUT2D eigenvalue weighted by molar-refractivity contribution is 7.89. The van der Waals surface area contributed by atoms with Crippen molar-refractivity contribution in [2.24, 2.45) is 0 Å². The number of thiophene rings is 1. The summed E-state index contributed by atoms with van der Waals surface area (Å²) in [6.45, 7) is 2.24. The van der Waals surface area contributed by atoms with E-state index in [1.807, 2.05) is 23.8 Å². The molecule has 0 spiro atoms. The number of rotatable bonds is 8. The number of unbranched alkanes of at least 4 members (excludes halogenated alkanes) is 1. The topological polar surface area (TPSA) is 66.4 Å². The molecule has 2 N–H and O–H groups in total. The minimum absolute atomic E-state index is 0.165. The van der Waals surface area contributed by atoms with Crippen LogP contribution in [0, 0.1) is 0 Å². The fourth-order valence-electron chi connectivity index (χ4n) is 1.39. The average molecular weight is 277 g/mol. The number of aliphatic hydroxyl groups excluding tert-OH is 1. The van der Waals surface area contributed by atoms with Crippen molar-refractivity contribution in [3.05, 3.63) is 22.4 Å². The Labute approximate surface area is 107 Å². The zero-order chi connectivity index (χ0) is 12.7. The first-order chi connectivity index (χ1) is 8.05. The van der Waals surface area contributed by atoms with Gasteiger partial charge in [-0.3, -0.25) is 0 Å². The molecule has 0 aliphatic rings. The Kier molecular flexibility index (Phi) is 6.11. The van der Waals surface area contributed by atoms with E-state index < -0.39 is 16.1 Å². The zero-order valence-electron chi connectivity index (χ0n) is 9.93. The minimum atomic E-state index is -3.17. The fourth-order valence-corrected chi connectivity index (χ4v) is 3.34. The Bertz CT molecular complexity index is 400. The monoisotopic (exact) mass is 277 g/mol. The lowest BCUT2D eigenvalue weighted by molar-refractivity contribution is 0.169. The van der Waals surface area contributed by atoms with E-state index in [0.29, 0.717) is 12.8 Å². The largest absolute Gasteiger partial charge is 0.388 e. The summed E-state index contributed by atoms with van der Waals surface area (Å²) < 4.78 is 25.4. The Balaban J connectivity index is 2.28. The summed E-state index contributed by atoms with van der Waals surface area (Å²) in [4.78, 5) is 0. The molecule has 17 heavy (non-hydrogen) atoms. The van der Waals surface area contributed by atoms with Crippen LogP contribution in [0.1, 0.15) is 37.9 Å². The molecular weight excluding hydrogens is 258 g/mol.